The molecule has 4 heterocycles. The van der Waals surface area contributed by atoms with Gasteiger partial charge in [0.1, 0.15) is 24.2 Å². The molecule has 2 unspecified atom stereocenters. The van der Waals surface area contributed by atoms with Crippen LogP contribution in [0.1, 0.15) is 49.3 Å². The fourth-order valence-electron chi connectivity index (χ4n) is 4.33. The summed E-state index contributed by atoms with van der Waals surface area (Å²) in [7, 11) is 1.61. The van der Waals surface area contributed by atoms with Crippen molar-refractivity contribution in [3.8, 4) is 11.5 Å². The molecule has 196 valence electrons. The summed E-state index contributed by atoms with van der Waals surface area (Å²) in [6, 6.07) is 2.69. The number of rotatable bonds is 6. The van der Waals surface area contributed by atoms with Crippen LogP contribution in [0, 0.1) is 11.3 Å². The summed E-state index contributed by atoms with van der Waals surface area (Å²) in [5.41, 5.74) is -1.01. The molecule has 1 saturated heterocycles. The van der Waals surface area contributed by atoms with E-state index in [0.29, 0.717) is 6.29 Å². The normalized spacial score (nSPS) is 17.2. The van der Waals surface area contributed by atoms with E-state index in [-0.39, 0.29) is 53.2 Å². The fourth-order valence-corrected chi connectivity index (χ4v) is 4.33. The van der Waals surface area contributed by atoms with E-state index in [1.165, 1.54) is 54.9 Å². The molecule has 3 aromatic heterocycles. The highest BCUT2D eigenvalue weighted by Crippen LogP contribution is 2.46. The Balaban J connectivity index is 1.57. The van der Waals surface area contributed by atoms with Gasteiger partial charge in [0.2, 0.25) is 11.8 Å². The SMILES string of the molecule is Cn1cc(NC(=O)c2coc(-c3ccnc(C(C(C)(C)C)C(F)(F)F)c3)n2)c(N2CC(C=O)CC2=O)n1. The summed E-state index contributed by atoms with van der Waals surface area (Å²) >= 11 is 0. The van der Waals surface area contributed by atoms with E-state index >= 15 is 0 Å². The van der Waals surface area contributed by atoms with Crippen LogP contribution < -0.4 is 10.2 Å². The van der Waals surface area contributed by atoms with Crippen molar-refractivity contribution in [1.29, 1.82) is 0 Å². The molecule has 1 aliphatic rings. The Hall–Kier alpha value is -4.03. The Kier molecular flexibility index (Phi) is 6.65. The van der Waals surface area contributed by atoms with Crippen molar-refractivity contribution in [2.75, 3.05) is 16.8 Å². The Morgan fingerprint density at radius 2 is 2.03 bits per heavy atom. The summed E-state index contributed by atoms with van der Waals surface area (Å²) in [4.78, 5) is 45.7. The number of anilines is 2. The molecule has 10 nitrogen and oxygen atoms in total. The van der Waals surface area contributed by atoms with Gasteiger partial charge in [0, 0.05) is 37.7 Å². The third-order valence-corrected chi connectivity index (χ3v) is 5.91. The molecule has 1 N–H and O–H groups in total. The number of aryl methyl sites for hydroxylation is 1. The van der Waals surface area contributed by atoms with Crippen LogP contribution in [0.25, 0.3) is 11.5 Å². The number of aromatic nitrogens is 4. The number of nitrogens with zero attached hydrogens (tertiary/aromatic N) is 5. The lowest BCUT2D eigenvalue weighted by molar-refractivity contribution is -0.172. The number of amides is 2. The second-order valence-electron chi connectivity index (χ2n) is 9.95. The minimum Gasteiger partial charge on any atom is -0.444 e. The maximum Gasteiger partial charge on any atom is 0.397 e. The predicted molar refractivity (Wildman–Crippen MR) is 126 cm³/mol. The quantitative estimate of drug-likeness (QED) is 0.490. The molecule has 4 rings (SSSR count). The second-order valence-corrected chi connectivity index (χ2v) is 9.95. The highest BCUT2D eigenvalue weighted by Gasteiger charge is 2.48. The van der Waals surface area contributed by atoms with Crippen molar-refractivity contribution in [3.05, 3.63) is 42.2 Å². The van der Waals surface area contributed by atoms with E-state index in [9.17, 15) is 27.6 Å². The predicted octanol–water partition coefficient (Wildman–Crippen LogP) is 3.97. The lowest BCUT2D eigenvalue weighted by Crippen LogP contribution is -2.33. The highest BCUT2D eigenvalue weighted by molar-refractivity contribution is 6.07. The van der Waals surface area contributed by atoms with Crippen LogP contribution in [0.5, 0.6) is 0 Å². The van der Waals surface area contributed by atoms with E-state index in [4.69, 9.17) is 4.42 Å². The minimum atomic E-state index is -4.52. The van der Waals surface area contributed by atoms with Gasteiger partial charge in [-0.25, -0.2) is 4.98 Å². The van der Waals surface area contributed by atoms with Crippen LogP contribution in [0.3, 0.4) is 0 Å². The maximum absolute atomic E-state index is 13.8. The van der Waals surface area contributed by atoms with Gasteiger partial charge in [0.15, 0.2) is 11.5 Å². The van der Waals surface area contributed by atoms with Gasteiger partial charge < -0.3 is 14.5 Å². The van der Waals surface area contributed by atoms with E-state index < -0.39 is 29.3 Å². The molecule has 0 aliphatic carbocycles. The van der Waals surface area contributed by atoms with Crippen molar-refractivity contribution in [1.82, 2.24) is 19.7 Å². The zero-order valence-corrected chi connectivity index (χ0v) is 20.5. The van der Waals surface area contributed by atoms with Crippen LogP contribution in [-0.4, -0.2) is 50.6 Å². The molecule has 2 amide bonds. The molecule has 1 fully saturated rings. The number of halogens is 3. The van der Waals surface area contributed by atoms with E-state index in [1.807, 2.05) is 0 Å². The molecule has 0 bridgehead atoms. The van der Waals surface area contributed by atoms with Crippen LogP contribution in [-0.2, 0) is 16.6 Å². The van der Waals surface area contributed by atoms with Crippen LogP contribution >= 0.6 is 0 Å². The summed E-state index contributed by atoms with van der Waals surface area (Å²) in [5, 5.41) is 6.85. The zero-order valence-electron chi connectivity index (χ0n) is 20.5. The summed E-state index contributed by atoms with van der Waals surface area (Å²) in [5.74, 6) is -3.13. The lowest BCUT2D eigenvalue weighted by atomic mass is 9.78. The number of nitrogens with one attached hydrogen (secondary N) is 1. The summed E-state index contributed by atoms with van der Waals surface area (Å²) < 4.78 is 48.2. The Morgan fingerprint density at radius 3 is 2.65 bits per heavy atom. The van der Waals surface area contributed by atoms with E-state index in [0.717, 1.165) is 6.26 Å². The van der Waals surface area contributed by atoms with E-state index in [1.54, 1.807) is 7.05 Å². The van der Waals surface area contributed by atoms with Crippen molar-refractivity contribution < 1.29 is 32.0 Å². The number of hydrogen-bond acceptors (Lipinski definition) is 7. The molecule has 37 heavy (non-hydrogen) atoms. The minimum absolute atomic E-state index is 0.0540. The number of carbonyl (C=O) groups excluding carboxylic acids is 3. The average molecular weight is 518 g/mol. The van der Waals surface area contributed by atoms with Crippen molar-refractivity contribution in [2.24, 2.45) is 18.4 Å². The molecule has 13 heteroatoms. The summed E-state index contributed by atoms with van der Waals surface area (Å²) in [6.45, 7) is 4.59. The molecular formula is C24H25F3N6O4. The van der Waals surface area contributed by atoms with Gasteiger partial charge in [-0.05, 0) is 17.5 Å². The Bertz CT molecular complexity index is 1330. The van der Waals surface area contributed by atoms with Gasteiger partial charge in [-0.1, -0.05) is 20.8 Å². The number of oxazole rings is 1. The molecule has 1 aliphatic heterocycles. The van der Waals surface area contributed by atoms with Crippen molar-refractivity contribution >= 4 is 29.6 Å². The first-order valence-electron chi connectivity index (χ1n) is 11.4. The van der Waals surface area contributed by atoms with Gasteiger partial charge in [0.25, 0.3) is 5.91 Å². The molecule has 0 saturated carbocycles. The Labute approximate surface area is 209 Å². The molecule has 2 atom stereocenters. The first-order valence-corrected chi connectivity index (χ1v) is 11.4. The van der Waals surface area contributed by atoms with Crippen LogP contribution in [0.15, 0.2) is 35.2 Å². The lowest BCUT2D eigenvalue weighted by Gasteiger charge is -2.32. The highest BCUT2D eigenvalue weighted by atomic mass is 19.4. The number of aldehydes is 1. The third kappa shape index (κ3) is 5.39. The van der Waals surface area contributed by atoms with Crippen LogP contribution in [0.2, 0.25) is 0 Å². The number of hydrogen-bond donors (Lipinski definition) is 1. The van der Waals surface area contributed by atoms with Crippen molar-refractivity contribution in [3.63, 3.8) is 0 Å². The van der Waals surface area contributed by atoms with Crippen molar-refractivity contribution in [2.45, 2.75) is 39.3 Å². The van der Waals surface area contributed by atoms with Gasteiger partial charge in [0.05, 0.1) is 11.9 Å². The molecule has 3 aromatic rings. The average Bonchev–Trinajstić information content (AvgIpc) is 3.50. The topological polar surface area (TPSA) is 123 Å². The standard InChI is InChI=1S/C24H25F3N6O4/c1-23(2,3)19(24(25,26)27)15-8-14(5-6-28-15)22-30-17(12-37-22)21(36)29-16-10-32(4)31-20(16)33-9-13(11-34)7-18(33)35/h5-6,8,10-13,19H,7,9H2,1-4H3,(H,29,36). The van der Waals surface area contributed by atoms with Gasteiger partial charge in [-0.2, -0.15) is 18.3 Å². The number of pyridine rings is 1. The third-order valence-electron chi connectivity index (χ3n) is 5.91. The fraction of sp³-hybridized carbons (Fsp3) is 0.417. The first kappa shape index (κ1) is 26.0. The molecule has 0 radical (unpaired) electrons. The summed E-state index contributed by atoms with van der Waals surface area (Å²) in [6.07, 6.45) is 0.0529. The smallest absolute Gasteiger partial charge is 0.397 e. The number of alkyl halides is 3. The molecule has 0 aromatic carbocycles. The first-order chi connectivity index (χ1) is 17.3. The Morgan fingerprint density at radius 1 is 1.30 bits per heavy atom. The number of carbonyl (C=O) groups is 3. The molecule has 0 spiro atoms. The maximum atomic E-state index is 13.8. The van der Waals surface area contributed by atoms with Gasteiger partial charge in [-0.3, -0.25) is 24.2 Å². The van der Waals surface area contributed by atoms with Gasteiger partial charge in [-0.15, -0.1) is 0 Å². The zero-order chi connectivity index (χ0) is 27.1. The second kappa shape index (κ2) is 9.45. The van der Waals surface area contributed by atoms with Crippen LogP contribution in [0.4, 0.5) is 24.7 Å². The molecular weight excluding hydrogens is 493 g/mol. The largest absolute Gasteiger partial charge is 0.444 e. The van der Waals surface area contributed by atoms with Gasteiger partial charge >= 0.3 is 6.18 Å². The van der Waals surface area contributed by atoms with E-state index in [2.05, 4.69) is 20.4 Å². The monoisotopic (exact) mass is 518 g/mol.